The van der Waals surface area contributed by atoms with E-state index in [9.17, 15) is 22.8 Å². The molecule has 3 amide bonds. The van der Waals surface area contributed by atoms with Gasteiger partial charge in [0.25, 0.3) is 27.7 Å². The van der Waals surface area contributed by atoms with Crippen LogP contribution in [-0.2, 0) is 14.8 Å². The molecule has 0 unspecified atom stereocenters. The van der Waals surface area contributed by atoms with E-state index in [-0.39, 0.29) is 28.0 Å². The molecule has 0 radical (unpaired) electrons. The Hall–Kier alpha value is -3.24. The van der Waals surface area contributed by atoms with Crippen LogP contribution in [0.1, 0.15) is 43.9 Å². The second kappa shape index (κ2) is 7.72. The fourth-order valence-corrected chi connectivity index (χ4v) is 5.81. The minimum Gasteiger partial charge on any atom is -0.378 e. The molecule has 2 aromatic rings. The molecule has 0 aromatic heterocycles. The molecular formula is C22H21N3O6S. The Balaban J connectivity index is 1.41. The van der Waals surface area contributed by atoms with Gasteiger partial charge in [-0.15, -0.1) is 0 Å². The molecule has 5 rings (SSSR count). The van der Waals surface area contributed by atoms with Crippen LogP contribution in [-0.4, -0.2) is 67.7 Å². The summed E-state index contributed by atoms with van der Waals surface area (Å²) in [7, 11) is -3.97. The normalized spacial score (nSPS) is 19.6. The van der Waals surface area contributed by atoms with Gasteiger partial charge in [0.2, 0.25) is 0 Å². The highest BCUT2D eigenvalue weighted by molar-refractivity contribution is 7.90. The van der Waals surface area contributed by atoms with Gasteiger partial charge < -0.3 is 15.0 Å². The van der Waals surface area contributed by atoms with Crippen LogP contribution >= 0.6 is 0 Å². The van der Waals surface area contributed by atoms with Crippen LogP contribution in [0.2, 0.25) is 0 Å². The van der Waals surface area contributed by atoms with Gasteiger partial charge in [-0.2, -0.15) is 0 Å². The number of benzene rings is 2. The first-order chi connectivity index (χ1) is 15.4. The summed E-state index contributed by atoms with van der Waals surface area (Å²) in [6, 6.07) is 10.4. The highest BCUT2D eigenvalue weighted by Gasteiger charge is 2.48. The Labute approximate surface area is 185 Å². The summed E-state index contributed by atoms with van der Waals surface area (Å²) < 4.78 is 31.9. The second-order valence-corrected chi connectivity index (χ2v) is 9.74. The van der Waals surface area contributed by atoms with Crippen molar-refractivity contribution in [1.29, 1.82) is 0 Å². The molecule has 1 N–H and O–H groups in total. The lowest BCUT2D eigenvalue weighted by atomic mass is 10.1. The molecule has 0 spiro atoms. The van der Waals surface area contributed by atoms with Gasteiger partial charge in [-0.05, 0) is 43.2 Å². The first-order valence-electron chi connectivity index (χ1n) is 10.4. The third-order valence-electron chi connectivity index (χ3n) is 5.79. The maximum absolute atomic E-state index is 12.9. The zero-order valence-corrected chi connectivity index (χ0v) is 17.9. The van der Waals surface area contributed by atoms with E-state index in [2.05, 4.69) is 5.32 Å². The van der Waals surface area contributed by atoms with Gasteiger partial charge in [0.1, 0.15) is 4.90 Å². The van der Waals surface area contributed by atoms with Crippen LogP contribution < -0.4 is 5.32 Å². The van der Waals surface area contributed by atoms with E-state index in [0.717, 1.165) is 4.31 Å². The number of ether oxygens (including phenoxy) is 1. The number of rotatable bonds is 4. The number of para-hydroxylation sites is 1. The molecule has 2 heterocycles. The predicted molar refractivity (Wildman–Crippen MR) is 114 cm³/mol. The third-order valence-corrected chi connectivity index (χ3v) is 7.67. The molecule has 1 aliphatic carbocycles. The molecule has 2 aromatic carbocycles. The number of fused-ring (bicyclic) bond motifs is 1. The smallest absolute Gasteiger partial charge is 0.269 e. The summed E-state index contributed by atoms with van der Waals surface area (Å²) in [5.74, 6) is -1.33. The number of nitrogens with zero attached hydrogens (tertiary/aromatic N) is 2. The number of amides is 3. The minimum absolute atomic E-state index is 0.0799. The first-order valence-corrected chi connectivity index (χ1v) is 11.8. The van der Waals surface area contributed by atoms with Gasteiger partial charge in [0.05, 0.1) is 30.0 Å². The predicted octanol–water partition coefficient (Wildman–Crippen LogP) is 1.72. The van der Waals surface area contributed by atoms with Crippen molar-refractivity contribution in [3.05, 3.63) is 59.2 Å². The third kappa shape index (κ3) is 3.45. The lowest BCUT2D eigenvalue weighted by Gasteiger charge is -2.27. The van der Waals surface area contributed by atoms with Gasteiger partial charge in [-0.3, -0.25) is 14.4 Å². The summed E-state index contributed by atoms with van der Waals surface area (Å²) in [6.45, 7) is 1.85. The summed E-state index contributed by atoms with van der Waals surface area (Å²) in [5, 5.41) is 2.71. The molecule has 32 heavy (non-hydrogen) atoms. The zero-order valence-electron chi connectivity index (χ0n) is 17.1. The Morgan fingerprint density at radius 2 is 1.75 bits per heavy atom. The van der Waals surface area contributed by atoms with E-state index in [1.54, 1.807) is 29.2 Å². The van der Waals surface area contributed by atoms with Crippen molar-refractivity contribution < 1.29 is 27.5 Å². The Morgan fingerprint density at radius 3 is 2.47 bits per heavy atom. The van der Waals surface area contributed by atoms with E-state index < -0.39 is 21.8 Å². The SMILES string of the molecule is O=C(Nc1ccccc1C(=O)N1CCOCC1)c1ccc2c(c1)S(=O)(=O)N(C1CC1)C2=O. The van der Waals surface area contributed by atoms with Crippen molar-refractivity contribution in [1.82, 2.24) is 9.21 Å². The quantitative estimate of drug-likeness (QED) is 0.751. The van der Waals surface area contributed by atoms with Crippen LogP contribution in [0, 0.1) is 0 Å². The van der Waals surface area contributed by atoms with Crippen molar-refractivity contribution >= 4 is 33.4 Å². The number of hydrogen-bond acceptors (Lipinski definition) is 6. The summed E-state index contributed by atoms with van der Waals surface area (Å²) in [6.07, 6.45) is 1.31. The summed E-state index contributed by atoms with van der Waals surface area (Å²) in [5.41, 5.74) is 0.836. The Morgan fingerprint density at radius 1 is 1.03 bits per heavy atom. The number of sulfonamides is 1. The maximum atomic E-state index is 12.9. The van der Waals surface area contributed by atoms with Gasteiger partial charge in [0.15, 0.2) is 0 Å². The number of hydrogen-bond donors (Lipinski definition) is 1. The van der Waals surface area contributed by atoms with Gasteiger partial charge in [0, 0.05) is 24.7 Å². The van der Waals surface area contributed by atoms with E-state index in [4.69, 9.17) is 4.74 Å². The topological polar surface area (TPSA) is 113 Å². The highest BCUT2D eigenvalue weighted by Crippen LogP contribution is 2.39. The number of anilines is 1. The lowest BCUT2D eigenvalue weighted by molar-refractivity contribution is 0.0303. The fraction of sp³-hybridized carbons (Fsp3) is 0.318. The lowest BCUT2D eigenvalue weighted by Crippen LogP contribution is -2.41. The maximum Gasteiger partial charge on any atom is 0.269 e. The zero-order chi connectivity index (χ0) is 22.5. The second-order valence-electron chi connectivity index (χ2n) is 7.95. The number of morpholine rings is 1. The van der Waals surface area contributed by atoms with Crippen molar-refractivity contribution in [3.8, 4) is 0 Å². The molecule has 10 heteroatoms. The molecule has 3 aliphatic rings. The van der Waals surface area contributed by atoms with Crippen molar-refractivity contribution in [2.24, 2.45) is 0 Å². The highest BCUT2D eigenvalue weighted by atomic mass is 32.2. The van der Waals surface area contributed by atoms with Crippen LogP contribution in [0.3, 0.4) is 0 Å². The molecule has 2 fully saturated rings. The summed E-state index contributed by atoms with van der Waals surface area (Å²) in [4.78, 5) is 39.9. The molecule has 0 atom stereocenters. The van der Waals surface area contributed by atoms with Crippen LogP contribution in [0.15, 0.2) is 47.4 Å². The number of nitrogens with one attached hydrogen (secondary N) is 1. The largest absolute Gasteiger partial charge is 0.378 e. The van der Waals surface area contributed by atoms with Gasteiger partial charge in [-0.25, -0.2) is 12.7 Å². The molecular weight excluding hydrogens is 434 g/mol. The molecule has 0 bridgehead atoms. The fourth-order valence-electron chi connectivity index (χ4n) is 3.97. The Kier molecular flexibility index (Phi) is 4.98. The minimum atomic E-state index is -3.97. The first kappa shape index (κ1) is 20.7. The van der Waals surface area contributed by atoms with E-state index in [0.29, 0.717) is 50.4 Å². The van der Waals surface area contributed by atoms with Crippen LogP contribution in [0.5, 0.6) is 0 Å². The summed E-state index contributed by atoms with van der Waals surface area (Å²) >= 11 is 0. The van der Waals surface area contributed by atoms with Crippen molar-refractivity contribution in [3.63, 3.8) is 0 Å². The molecule has 2 aliphatic heterocycles. The number of carbonyl (C=O) groups excluding carboxylic acids is 3. The van der Waals surface area contributed by atoms with Crippen LogP contribution in [0.4, 0.5) is 5.69 Å². The standard InChI is InChI=1S/C22H21N3O6S/c26-20(23-18-4-2-1-3-16(18)21(27)24-9-11-31-12-10-24)14-5-8-17-19(13-14)32(29,30)25(22(17)28)15-6-7-15/h1-5,8,13,15H,6-7,9-12H2,(H,23,26). The van der Waals surface area contributed by atoms with E-state index in [1.807, 2.05) is 0 Å². The molecule has 1 saturated heterocycles. The van der Waals surface area contributed by atoms with Crippen molar-refractivity contribution in [2.45, 2.75) is 23.8 Å². The van der Waals surface area contributed by atoms with Gasteiger partial charge >= 0.3 is 0 Å². The molecule has 166 valence electrons. The van der Waals surface area contributed by atoms with E-state index in [1.165, 1.54) is 18.2 Å². The monoisotopic (exact) mass is 455 g/mol. The van der Waals surface area contributed by atoms with Crippen molar-refractivity contribution in [2.75, 3.05) is 31.6 Å². The Bertz CT molecular complexity index is 1230. The average molecular weight is 455 g/mol. The van der Waals surface area contributed by atoms with E-state index >= 15 is 0 Å². The van der Waals surface area contributed by atoms with Gasteiger partial charge in [-0.1, -0.05) is 12.1 Å². The molecule has 9 nitrogen and oxygen atoms in total. The molecule has 1 saturated carbocycles. The van der Waals surface area contributed by atoms with Crippen LogP contribution in [0.25, 0.3) is 0 Å². The average Bonchev–Trinajstić information content (AvgIpc) is 3.61. The number of carbonyl (C=O) groups is 3.